The average Bonchev–Trinajstić information content (AvgIpc) is 3.04. The summed E-state index contributed by atoms with van der Waals surface area (Å²) in [5.41, 5.74) is 3.26. The van der Waals surface area contributed by atoms with Gasteiger partial charge in [-0.2, -0.15) is 0 Å². The van der Waals surface area contributed by atoms with Gasteiger partial charge in [-0.05, 0) is 43.8 Å². The first kappa shape index (κ1) is 14.6. The Hall–Kier alpha value is -1.37. The van der Waals surface area contributed by atoms with E-state index in [9.17, 15) is 0 Å². The van der Waals surface area contributed by atoms with Crippen molar-refractivity contribution >= 4 is 28.7 Å². The summed E-state index contributed by atoms with van der Waals surface area (Å²) in [7, 11) is 0. The molecule has 3 heterocycles. The summed E-state index contributed by atoms with van der Waals surface area (Å²) < 4.78 is 3.21. The number of hydrogen-bond donors (Lipinski definition) is 1. The molecule has 0 aliphatic heterocycles. The fraction of sp³-hybridized carbons (Fsp3) is 0.333. The first-order chi connectivity index (χ1) is 10.3. The molecule has 0 bridgehead atoms. The Morgan fingerprint density at radius 2 is 2.24 bits per heavy atom. The van der Waals surface area contributed by atoms with Crippen molar-refractivity contribution in [2.45, 2.75) is 36.2 Å². The topological polar surface area (TPSA) is 42.2 Å². The van der Waals surface area contributed by atoms with E-state index in [4.69, 9.17) is 4.98 Å². The number of nitrogens with one attached hydrogen (secondary N) is 1. The molecule has 0 aromatic carbocycles. The smallest absolute Gasteiger partial charge is 0.156 e. The third kappa shape index (κ3) is 3.28. The van der Waals surface area contributed by atoms with E-state index in [0.717, 1.165) is 40.2 Å². The average molecular weight is 318 g/mol. The molecule has 0 radical (unpaired) electrons. The molecule has 1 N–H and O–H groups in total. The number of nitrogens with zero attached hydrogens (tertiary/aromatic N) is 3. The second-order valence-electron chi connectivity index (χ2n) is 4.83. The molecule has 0 aliphatic rings. The number of hydrogen-bond acceptors (Lipinski definition) is 5. The number of imidazole rings is 1. The summed E-state index contributed by atoms with van der Waals surface area (Å²) in [6.45, 7) is 6.04. The molecule has 3 aromatic rings. The zero-order valence-corrected chi connectivity index (χ0v) is 13.8. The van der Waals surface area contributed by atoms with Crippen molar-refractivity contribution in [1.29, 1.82) is 0 Å². The minimum atomic E-state index is 0.825. The van der Waals surface area contributed by atoms with Gasteiger partial charge in [-0.3, -0.25) is 0 Å². The Morgan fingerprint density at radius 1 is 1.33 bits per heavy atom. The molecular weight excluding hydrogens is 300 g/mol. The first-order valence-corrected chi connectivity index (χ1v) is 8.74. The van der Waals surface area contributed by atoms with Crippen LogP contribution in [-0.2, 0) is 6.54 Å². The molecule has 0 fully saturated rings. The maximum atomic E-state index is 4.75. The molecule has 0 saturated heterocycles. The van der Waals surface area contributed by atoms with Gasteiger partial charge in [-0.15, -0.1) is 11.3 Å². The van der Waals surface area contributed by atoms with Gasteiger partial charge in [-0.25, -0.2) is 9.97 Å². The number of thiazole rings is 1. The summed E-state index contributed by atoms with van der Waals surface area (Å²) in [6, 6.07) is 6.11. The van der Waals surface area contributed by atoms with Crippen LogP contribution in [-0.4, -0.2) is 20.9 Å². The van der Waals surface area contributed by atoms with Crippen LogP contribution in [0.3, 0.4) is 0 Å². The van der Waals surface area contributed by atoms with Crippen molar-refractivity contribution in [1.82, 2.24) is 19.7 Å². The van der Waals surface area contributed by atoms with Gasteiger partial charge in [0.15, 0.2) is 4.34 Å². The number of aryl methyl sites for hydroxylation is 1. The highest BCUT2D eigenvalue weighted by Gasteiger charge is 2.14. The van der Waals surface area contributed by atoms with E-state index in [2.05, 4.69) is 33.2 Å². The molecule has 21 heavy (non-hydrogen) atoms. The molecule has 6 heteroatoms. The minimum absolute atomic E-state index is 0.825. The van der Waals surface area contributed by atoms with Gasteiger partial charge in [-0.1, -0.05) is 13.0 Å². The predicted octanol–water partition coefficient (Wildman–Crippen LogP) is 3.75. The summed E-state index contributed by atoms with van der Waals surface area (Å²) in [6.07, 6.45) is 3.20. The lowest BCUT2D eigenvalue weighted by Gasteiger charge is -2.05. The summed E-state index contributed by atoms with van der Waals surface area (Å²) >= 11 is 3.33. The molecule has 0 aliphatic carbocycles. The lowest BCUT2D eigenvalue weighted by atomic mass is 10.4. The lowest BCUT2D eigenvalue weighted by molar-refractivity contribution is 0.652. The van der Waals surface area contributed by atoms with Crippen molar-refractivity contribution in [2.24, 2.45) is 0 Å². The number of rotatable bonds is 6. The SMILES string of the molecule is CCCNCc1c(Sc2nc(C)cs2)nc2ccccn12. The van der Waals surface area contributed by atoms with Crippen molar-refractivity contribution in [3.8, 4) is 0 Å². The van der Waals surface area contributed by atoms with Crippen molar-refractivity contribution in [3.63, 3.8) is 0 Å². The molecule has 0 amide bonds. The highest BCUT2D eigenvalue weighted by molar-refractivity contribution is 8.01. The summed E-state index contributed by atoms with van der Waals surface area (Å²) in [4.78, 5) is 9.27. The zero-order chi connectivity index (χ0) is 14.7. The van der Waals surface area contributed by atoms with Gasteiger partial charge in [0.1, 0.15) is 10.7 Å². The number of pyridine rings is 1. The zero-order valence-electron chi connectivity index (χ0n) is 12.2. The molecule has 0 atom stereocenters. The Bertz CT molecular complexity index is 732. The van der Waals surface area contributed by atoms with Gasteiger partial charge < -0.3 is 9.72 Å². The van der Waals surface area contributed by atoms with E-state index in [-0.39, 0.29) is 0 Å². The molecule has 0 saturated carbocycles. The van der Waals surface area contributed by atoms with Crippen LogP contribution in [0.2, 0.25) is 0 Å². The summed E-state index contributed by atoms with van der Waals surface area (Å²) in [5, 5.41) is 6.59. The molecular formula is C15H18N4S2. The fourth-order valence-electron chi connectivity index (χ4n) is 2.11. The number of fused-ring (bicyclic) bond motifs is 1. The normalized spacial score (nSPS) is 11.3. The second-order valence-corrected chi connectivity index (χ2v) is 6.92. The van der Waals surface area contributed by atoms with Gasteiger partial charge in [0, 0.05) is 23.8 Å². The summed E-state index contributed by atoms with van der Waals surface area (Å²) in [5.74, 6) is 0. The van der Waals surface area contributed by atoms with Gasteiger partial charge in [0.2, 0.25) is 0 Å². The van der Waals surface area contributed by atoms with Crippen LogP contribution in [0.4, 0.5) is 0 Å². The van der Waals surface area contributed by atoms with Crippen LogP contribution in [0, 0.1) is 6.92 Å². The van der Waals surface area contributed by atoms with Crippen LogP contribution in [0.25, 0.3) is 5.65 Å². The van der Waals surface area contributed by atoms with Crippen molar-refractivity contribution < 1.29 is 0 Å². The van der Waals surface area contributed by atoms with Gasteiger partial charge >= 0.3 is 0 Å². The van der Waals surface area contributed by atoms with Crippen LogP contribution >= 0.6 is 23.1 Å². The van der Waals surface area contributed by atoms with E-state index in [0.29, 0.717) is 0 Å². The standard InChI is InChI=1S/C15H18N4S2/c1-3-7-16-9-12-14(21-15-17-11(2)10-20-15)18-13-6-4-5-8-19(12)13/h4-6,8,10,16H,3,7,9H2,1-2H3. The third-order valence-electron chi connectivity index (χ3n) is 3.09. The lowest BCUT2D eigenvalue weighted by Crippen LogP contribution is -2.15. The first-order valence-electron chi connectivity index (χ1n) is 7.04. The van der Waals surface area contributed by atoms with Crippen LogP contribution in [0.5, 0.6) is 0 Å². The van der Waals surface area contributed by atoms with Crippen LogP contribution < -0.4 is 5.32 Å². The van der Waals surface area contributed by atoms with E-state index in [1.807, 2.05) is 25.1 Å². The van der Waals surface area contributed by atoms with Crippen LogP contribution in [0.1, 0.15) is 24.7 Å². The Morgan fingerprint density at radius 3 is 3.00 bits per heavy atom. The second kappa shape index (κ2) is 6.60. The predicted molar refractivity (Wildman–Crippen MR) is 88.2 cm³/mol. The molecule has 0 unspecified atom stereocenters. The van der Waals surface area contributed by atoms with Gasteiger partial charge in [0.25, 0.3) is 0 Å². The van der Waals surface area contributed by atoms with E-state index in [1.165, 1.54) is 5.69 Å². The van der Waals surface area contributed by atoms with Gasteiger partial charge in [0.05, 0.1) is 5.69 Å². The molecule has 0 spiro atoms. The van der Waals surface area contributed by atoms with E-state index >= 15 is 0 Å². The molecule has 110 valence electrons. The fourth-order valence-corrected chi connectivity index (χ4v) is 3.99. The Labute approximate surface area is 132 Å². The largest absolute Gasteiger partial charge is 0.311 e. The van der Waals surface area contributed by atoms with Crippen molar-refractivity contribution in [2.75, 3.05) is 6.54 Å². The minimum Gasteiger partial charge on any atom is -0.311 e. The van der Waals surface area contributed by atoms with Crippen molar-refractivity contribution in [3.05, 3.63) is 41.2 Å². The number of aromatic nitrogens is 3. The monoisotopic (exact) mass is 318 g/mol. The highest BCUT2D eigenvalue weighted by Crippen LogP contribution is 2.32. The maximum absolute atomic E-state index is 4.75. The highest BCUT2D eigenvalue weighted by atomic mass is 32.2. The Balaban J connectivity index is 1.93. The molecule has 4 nitrogen and oxygen atoms in total. The molecule has 3 rings (SSSR count). The van der Waals surface area contributed by atoms with E-state index in [1.54, 1.807) is 23.1 Å². The Kier molecular flexibility index (Phi) is 4.57. The third-order valence-corrected chi connectivity index (χ3v) is 5.17. The molecule has 3 aromatic heterocycles. The quantitative estimate of drug-likeness (QED) is 0.703. The van der Waals surface area contributed by atoms with E-state index < -0.39 is 0 Å². The maximum Gasteiger partial charge on any atom is 0.156 e. The van der Waals surface area contributed by atoms with Crippen LogP contribution in [0.15, 0.2) is 39.1 Å².